The molecule has 0 amide bonds. The van der Waals surface area contributed by atoms with Crippen molar-refractivity contribution < 1.29 is 10.2 Å². The van der Waals surface area contributed by atoms with Crippen molar-refractivity contribution in [3.63, 3.8) is 0 Å². The molecule has 0 heterocycles. The third-order valence-electron chi connectivity index (χ3n) is 2.45. The minimum Gasteiger partial charge on any atom is -0.393 e. The molecule has 1 fully saturated rings. The highest BCUT2D eigenvalue weighted by molar-refractivity contribution is 4.81. The summed E-state index contributed by atoms with van der Waals surface area (Å²) in [6.07, 6.45) is 1.12. The molecule has 2 nitrogen and oxygen atoms in total. The van der Waals surface area contributed by atoms with E-state index in [1.807, 2.05) is 13.8 Å². The first-order valence-electron chi connectivity index (χ1n) is 3.97. The molecule has 2 heteroatoms. The second-order valence-corrected chi connectivity index (χ2v) is 3.57. The largest absolute Gasteiger partial charge is 0.393 e. The van der Waals surface area contributed by atoms with Gasteiger partial charge in [-0.1, -0.05) is 13.8 Å². The van der Waals surface area contributed by atoms with E-state index in [0.29, 0.717) is 0 Å². The Morgan fingerprint density at radius 1 is 1.00 bits per heavy atom. The van der Waals surface area contributed by atoms with Crippen LogP contribution in [0.4, 0.5) is 0 Å². The maximum atomic E-state index is 9.45. The van der Waals surface area contributed by atoms with Crippen LogP contribution >= 0.6 is 0 Å². The smallest absolute Gasteiger partial charge is 0.0593 e. The van der Waals surface area contributed by atoms with E-state index in [0.717, 1.165) is 12.8 Å². The van der Waals surface area contributed by atoms with Crippen LogP contribution in [-0.2, 0) is 0 Å². The minimum atomic E-state index is -0.205. The van der Waals surface area contributed by atoms with Crippen molar-refractivity contribution in [1.82, 2.24) is 0 Å². The third kappa shape index (κ3) is 1.50. The maximum absolute atomic E-state index is 9.45. The molecule has 60 valence electrons. The number of hydrogen-bond acceptors (Lipinski definition) is 2. The lowest BCUT2D eigenvalue weighted by atomic mass is 9.79. The molecule has 2 atom stereocenters. The van der Waals surface area contributed by atoms with Crippen LogP contribution in [0, 0.1) is 11.8 Å². The number of aliphatic hydroxyl groups excluding tert-OH is 2. The van der Waals surface area contributed by atoms with Gasteiger partial charge in [-0.15, -0.1) is 0 Å². The molecule has 0 spiro atoms. The van der Waals surface area contributed by atoms with Gasteiger partial charge in [0.25, 0.3) is 0 Å². The van der Waals surface area contributed by atoms with Gasteiger partial charge in [-0.2, -0.15) is 0 Å². The van der Waals surface area contributed by atoms with E-state index >= 15 is 0 Å². The van der Waals surface area contributed by atoms with Crippen LogP contribution < -0.4 is 0 Å². The van der Waals surface area contributed by atoms with Crippen LogP contribution in [0.5, 0.6) is 0 Å². The summed E-state index contributed by atoms with van der Waals surface area (Å²) < 4.78 is 0. The molecular formula is C8H16O2. The van der Waals surface area contributed by atoms with Crippen LogP contribution in [0.1, 0.15) is 26.7 Å². The summed E-state index contributed by atoms with van der Waals surface area (Å²) in [7, 11) is 0. The van der Waals surface area contributed by atoms with Gasteiger partial charge in [0.2, 0.25) is 0 Å². The lowest BCUT2D eigenvalue weighted by Crippen LogP contribution is -2.36. The molecule has 0 aromatic rings. The summed E-state index contributed by atoms with van der Waals surface area (Å²) in [5.41, 5.74) is 0. The monoisotopic (exact) mass is 144 g/mol. The molecule has 2 N–H and O–H groups in total. The average molecular weight is 144 g/mol. The lowest BCUT2D eigenvalue weighted by molar-refractivity contribution is -0.0237. The zero-order valence-corrected chi connectivity index (χ0v) is 6.62. The lowest BCUT2D eigenvalue weighted by Gasteiger charge is -2.33. The van der Waals surface area contributed by atoms with E-state index < -0.39 is 0 Å². The summed E-state index contributed by atoms with van der Waals surface area (Å²) >= 11 is 0. The van der Waals surface area contributed by atoms with Gasteiger partial charge in [0.15, 0.2) is 0 Å². The maximum Gasteiger partial charge on any atom is 0.0593 e. The molecular weight excluding hydrogens is 128 g/mol. The summed E-state index contributed by atoms with van der Waals surface area (Å²) in [6.45, 7) is 3.98. The Hall–Kier alpha value is -0.0800. The van der Waals surface area contributed by atoms with Crippen molar-refractivity contribution in [1.29, 1.82) is 0 Å². The predicted octanol–water partition coefficient (Wildman–Crippen LogP) is 0.774. The van der Waals surface area contributed by atoms with Crippen molar-refractivity contribution in [3.8, 4) is 0 Å². The molecule has 1 aliphatic carbocycles. The number of hydrogen-bond donors (Lipinski definition) is 2. The van der Waals surface area contributed by atoms with E-state index in [1.165, 1.54) is 0 Å². The van der Waals surface area contributed by atoms with Gasteiger partial charge < -0.3 is 10.2 Å². The molecule has 0 saturated heterocycles. The molecule has 0 unspecified atom stereocenters. The topological polar surface area (TPSA) is 40.5 Å². The van der Waals surface area contributed by atoms with Crippen molar-refractivity contribution in [2.24, 2.45) is 11.8 Å². The molecule has 1 rings (SSSR count). The van der Waals surface area contributed by atoms with Crippen LogP contribution in [0.3, 0.4) is 0 Å². The fraction of sp³-hybridized carbons (Fsp3) is 1.00. The predicted molar refractivity (Wildman–Crippen MR) is 39.6 cm³/mol. The summed E-state index contributed by atoms with van der Waals surface area (Å²) in [5, 5.41) is 18.7. The molecule has 0 aliphatic heterocycles. The fourth-order valence-electron chi connectivity index (χ4n) is 1.79. The Morgan fingerprint density at radius 2 is 1.40 bits per heavy atom. The van der Waals surface area contributed by atoms with Gasteiger partial charge in [0.1, 0.15) is 0 Å². The Labute approximate surface area is 61.9 Å². The van der Waals surface area contributed by atoms with Gasteiger partial charge in [-0.3, -0.25) is 0 Å². The van der Waals surface area contributed by atoms with Crippen LogP contribution in [-0.4, -0.2) is 22.4 Å². The molecule has 0 bridgehead atoms. The fourth-order valence-corrected chi connectivity index (χ4v) is 1.79. The van der Waals surface area contributed by atoms with E-state index in [2.05, 4.69) is 0 Å². The van der Waals surface area contributed by atoms with Gasteiger partial charge in [0, 0.05) is 0 Å². The molecule has 1 aliphatic rings. The Morgan fingerprint density at radius 3 is 1.80 bits per heavy atom. The van der Waals surface area contributed by atoms with E-state index in [4.69, 9.17) is 0 Å². The number of aliphatic hydroxyl groups is 2. The molecule has 10 heavy (non-hydrogen) atoms. The van der Waals surface area contributed by atoms with Gasteiger partial charge in [0.05, 0.1) is 12.2 Å². The second kappa shape index (κ2) is 2.89. The average Bonchev–Trinajstić information content (AvgIpc) is 1.82. The van der Waals surface area contributed by atoms with Crippen molar-refractivity contribution in [2.75, 3.05) is 0 Å². The summed E-state index contributed by atoms with van der Waals surface area (Å²) in [6, 6.07) is 0. The van der Waals surface area contributed by atoms with E-state index in [9.17, 15) is 10.2 Å². The SMILES string of the molecule is C[C@H]1CC(O)C[C@H](C)C1O. The van der Waals surface area contributed by atoms with Crippen molar-refractivity contribution >= 4 is 0 Å². The minimum absolute atomic E-state index is 0.187. The normalized spacial score (nSPS) is 49.2. The first kappa shape index (κ1) is 8.02. The molecule has 1 saturated carbocycles. The van der Waals surface area contributed by atoms with Gasteiger partial charge in [-0.25, -0.2) is 0 Å². The van der Waals surface area contributed by atoms with Crippen LogP contribution in [0.25, 0.3) is 0 Å². The zero-order chi connectivity index (χ0) is 7.72. The van der Waals surface area contributed by atoms with Gasteiger partial charge in [-0.05, 0) is 24.7 Å². The van der Waals surface area contributed by atoms with Gasteiger partial charge >= 0.3 is 0 Å². The Kier molecular flexibility index (Phi) is 2.32. The van der Waals surface area contributed by atoms with Crippen LogP contribution in [0.15, 0.2) is 0 Å². The zero-order valence-electron chi connectivity index (χ0n) is 6.62. The quantitative estimate of drug-likeness (QED) is 0.527. The highest BCUT2D eigenvalue weighted by Gasteiger charge is 2.30. The summed E-state index contributed by atoms with van der Waals surface area (Å²) in [4.78, 5) is 0. The van der Waals surface area contributed by atoms with Crippen LogP contribution in [0.2, 0.25) is 0 Å². The molecule has 0 aromatic carbocycles. The van der Waals surface area contributed by atoms with E-state index in [-0.39, 0.29) is 24.0 Å². The van der Waals surface area contributed by atoms with E-state index in [1.54, 1.807) is 0 Å². The first-order valence-corrected chi connectivity index (χ1v) is 3.97. The van der Waals surface area contributed by atoms with Crippen molar-refractivity contribution in [3.05, 3.63) is 0 Å². The molecule has 0 aromatic heterocycles. The Balaban J connectivity index is 2.49. The third-order valence-corrected chi connectivity index (χ3v) is 2.45. The standard InChI is InChI=1S/C8H16O2/c1-5-3-7(9)4-6(2)8(5)10/h5-10H,3-4H2,1-2H3/t5-,6-,7?,8?/m0/s1. The number of rotatable bonds is 0. The summed E-state index contributed by atoms with van der Waals surface area (Å²) in [5.74, 6) is 0.525. The molecule has 0 radical (unpaired) electrons. The second-order valence-electron chi connectivity index (χ2n) is 3.57. The first-order chi connectivity index (χ1) is 4.61. The highest BCUT2D eigenvalue weighted by Crippen LogP contribution is 2.28. The Bertz CT molecular complexity index is 102. The highest BCUT2D eigenvalue weighted by atomic mass is 16.3. The van der Waals surface area contributed by atoms with Crippen molar-refractivity contribution in [2.45, 2.75) is 38.9 Å².